The number of fused-ring (bicyclic) bond motifs is 1. The topological polar surface area (TPSA) is 49.2 Å². The summed E-state index contributed by atoms with van der Waals surface area (Å²) in [4.78, 5) is 9.29. The Bertz CT molecular complexity index is 576. The van der Waals surface area contributed by atoms with Gasteiger partial charge in [0.15, 0.2) is 5.65 Å². The summed E-state index contributed by atoms with van der Waals surface area (Å²) >= 11 is 0. The van der Waals surface area contributed by atoms with Crippen LogP contribution < -0.4 is 0 Å². The number of rotatable bonds is 6. The van der Waals surface area contributed by atoms with Gasteiger partial charge in [-0.3, -0.25) is 0 Å². The normalized spacial score (nSPS) is 19.2. The van der Waals surface area contributed by atoms with Gasteiger partial charge in [-0.2, -0.15) is 0 Å². The first kappa shape index (κ1) is 14.5. The third-order valence-electron chi connectivity index (χ3n) is 4.04. The van der Waals surface area contributed by atoms with E-state index in [1.807, 2.05) is 18.3 Å². The molecular formula is C16H23N3O2. The van der Waals surface area contributed by atoms with Crippen LogP contribution in [0.1, 0.15) is 25.1 Å². The summed E-state index contributed by atoms with van der Waals surface area (Å²) in [6, 6.07) is 3.98. The van der Waals surface area contributed by atoms with Crippen LogP contribution in [0.25, 0.3) is 11.2 Å². The van der Waals surface area contributed by atoms with Crippen LogP contribution in [0.15, 0.2) is 18.3 Å². The molecule has 1 aliphatic heterocycles. The molecule has 21 heavy (non-hydrogen) atoms. The van der Waals surface area contributed by atoms with Gasteiger partial charge in [0.2, 0.25) is 0 Å². The lowest BCUT2D eigenvalue weighted by Gasteiger charge is -2.22. The predicted octanol–water partition coefficient (Wildman–Crippen LogP) is 2.44. The van der Waals surface area contributed by atoms with Crippen molar-refractivity contribution in [1.82, 2.24) is 14.5 Å². The molecule has 5 nitrogen and oxygen atoms in total. The molecule has 3 rings (SSSR count). The molecule has 0 amide bonds. The van der Waals surface area contributed by atoms with Gasteiger partial charge in [0.1, 0.15) is 11.3 Å². The lowest BCUT2D eigenvalue weighted by Crippen LogP contribution is -2.21. The number of hydrogen-bond donors (Lipinski definition) is 0. The monoisotopic (exact) mass is 289 g/mol. The second kappa shape index (κ2) is 7.00. The van der Waals surface area contributed by atoms with E-state index < -0.39 is 0 Å². The number of methoxy groups -OCH3 is 1. The van der Waals surface area contributed by atoms with E-state index in [0.717, 1.165) is 62.6 Å². The number of imidazole rings is 1. The van der Waals surface area contributed by atoms with Gasteiger partial charge in [0.25, 0.3) is 0 Å². The third kappa shape index (κ3) is 3.41. The van der Waals surface area contributed by atoms with Gasteiger partial charge in [-0.1, -0.05) is 0 Å². The maximum atomic E-state index is 5.59. The van der Waals surface area contributed by atoms with Crippen LogP contribution in [0.3, 0.4) is 0 Å². The quantitative estimate of drug-likeness (QED) is 0.766. The Balaban J connectivity index is 1.82. The summed E-state index contributed by atoms with van der Waals surface area (Å²) < 4.78 is 13.0. The van der Waals surface area contributed by atoms with E-state index in [0.29, 0.717) is 5.92 Å². The van der Waals surface area contributed by atoms with Gasteiger partial charge >= 0.3 is 0 Å². The Kier molecular flexibility index (Phi) is 4.83. The zero-order valence-electron chi connectivity index (χ0n) is 12.6. The summed E-state index contributed by atoms with van der Waals surface area (Å²) in [7, 11) is 1.74. The molecule has 0 N–H and O–H groups in total. The summed E-state index contributed by atoms with van der Waals surface area (Å²) in [5, 5.41) is 0. The fraction of sp³-hybridized carbons (Fsp3) is 0.625. The largest absolute Gasteiger partial charge is 0.385 e. The van der Waals surface area contributed by atoms with Crippen molar-refractivity contribution in [3.63, 3.8) is 0 Å². The van der Waals surface area contributed by atoms with Crippen molar-refractivity contribution < 1.29 is 9.47 Å². The summed E-state index contributed by atoms with van der Waals surface area (Å²) in [6.45, 7) is 3.43. The van der Waals surface area contributed by atoms with E-state index in [4.69, 9.17) is 14.5 Å². The lowest BCUT2D eigenvalue weighted by molar-refractivity contribution is 0.0540. The van der Waals surface area contributed by atoms with E-state index in [-0.39, 0.29) is 0 Å². The molecule has 0 bridgehead atoms. The first-order chi connectivity index (χ1) is 10.4. The number of pyridine rings is 1. The Labute approximate surface area is 125 Å². The standard InChI is InChI=1S/C16H23N3O2/c1-20-9-4-8-19-15(11-13-5-3-10-21-12-13)18-14-6-2-7-17-16(14)19/h2,6-7,13H,3-5,8-12H2,1H3. The van der Waals surface area contributed by atoms with Crippen molar-refractivity contribution in [2.75, 3.05) is 26.9 Å². The van der Waals surface area contributed by atoms with Crippen molar-refractivity contribution in [2.45, 2.75) is 32.2 Å². The molecule has 3 heterocycles. The van der Waals surface area contributed by atoms with Crippen molar-refractivity contribution in [2.24, 2.45) is 5.92 Å². The van der Waals surface area contributed by atoms with Crippen LogP contribution in [0.4, 0.5) is 0 Å². The molecule has 0 aliphatic carbocycles. The summed E-state index contributed by atoms with van der Waals surface area (Å²) in [5.41, 5.74) is 1.97. The van der Waals surface area contributed by atoms with Crippen LogP contribution >= 0.6 is 0 Å². The van der Waals surface area contributed by atoms with Gasteiger partial charge < -0.3 is 14.0 Å². The Morgan fingerprint density at radius 1 is 1.48 bits per heavy atom. The average molecular weight is 289 g/mol. The minimum absolute atomic E-state index is 0.580. The molecule has 0 aromatic carbocycles. The first-order valence-electron chi connectivity index (χ1n) is 7.75. The SMILES string of the molecule is COCCCn1c(CC2CCCOC2)nc2cccnc21. The number of nitrogens with zero attached hydrogens (tertiary/aromatic N) is 3. The maximum absolute atomic E-state index is 5.59. The Morgan fingerprint density at radius 3 is 3.24 bits per heavy atom. The van der Waals surface area contributed by atoms with Gasteiger partial charge in [0, 0.05) is 46.1 Å². The first-order valence-corrected chi connectivity index (χ1v) is 7.75. The zero-order chi connectivity index (χ0) is 14.5. The van der Waals surface area contributed by atoms with Crippen molar-refractivity contribution in [3.05, 3.63) is 24.2 Å². The van der Waals surface area contributed by atoms with Crippen LogP contribution in [-0.4, -0.2) is 41.5 Å². The zero-order valence-corrected chi connectivity index (χ0v) is 12.6. The fourth-order valence-corrected chi connectivity index (χ4v) is 2.99. The van der Waals surface area contributed by atoms with E-state index in [1.165, 1.54) is 6.42 Å². The highest BCUT2D eigenvalue weighted by atomic mass is 16.5. The highest BCUT2D eigenvalue weighted by Gasteiger charge is 2.19. The Hall–Kier alpha value is -1.46. The van der Waals surface area contributed by atoms with E-state index in [2.05, 4.69) is 9.55 Å². The second-order valence-electron chi connectivity index (χ2n) is 5.66. The molecule has 114 valence electrons. The van der Waals surface area contributed by atoms with Gasteiger partial charge in [-0.25, -0.2) is 9.97 Å². The molecule has 2 aromatic heterocycles. The number of aryl methyl sites for hydroxylation is 1. The molecular weight excluding hydrogens is 266 g/mol. The lowest BCUT2D eigenvalue weighted by atomic mass is 9.98. The molecule has 2 aromatic rings. The minimum Gasteiger partial charge on any atom is -0.385 e. The van der Waals surface area contributed by atoms with Crippen molar-refractivity contribution in [3.8, 4) is 0 Å². The Morgan fingerprint density at radius 2 is 2.43 bits per heavy atom. The van der Waals surface area contributed by atoms with E-state index >= 15 is 0 Å². The van der Waals surface area contributed by atoms with Crippen LogP contribution in [-0.2, 0) is 22.4 Å². The van der Waals surface area contributed by atoms with Crippen LogP contribution in [0, 0.1) is 5.92 Å². The molecule has 1 saturated heterocycles. The van der Waals surface area contributed by atoms with Crippen molar-refractivity contribution in [1.29, 1.82) is 0 Å². The van der Waals surface area contributed by atoms with Gasteiger partial charge in [-0.05, 0) is 37.3 Å². The smallest absolute Gasteiger partial charge is 0.159 e. The number of aromatic nitrogens is 3. The molecule has 5 heteroatoms. The average Bonchev–Trinajstić information content (AvgIpc) is 2.86. The van der Waals surface area contributed by atoms with Crippen LogP contribution in [0.5, 0.6) is 0 Å². The minimum atomic E-state index is 0.580. The third-order valence-corrected chi connectivity index (χ3v) is 4.04. The maximum Gasteiger partial charge on any atom is 0.159 e. The predicted molar refractivity (Wildman–Crippen MR) is 81.3 cm³/mol. The summed E-state index contributed by atoms with van der Waals surface area (Å²) in [5.74, 6) is 1.71. The van der Waals surface area contributed by atoms with E-state index in [1.54, 1.807) is 7.11 Å². The van der Waals surface area contributed by atoms with Crippen LogP contribution in [0.2, 0.25) is 0 Å². The fourth-order valence-electron chi connectivity index (χ4n) is 2.99. The molecule has 0 spiro atoms. The highest BCUT2D eigenvalue weighted by Crippen LogP contribution is 2.21. The second-order valence-corrected chi connectivity index (χ2v) is 5.66. The number of hydrogen-bond acceptors (Lipinski definition) is 4. The molecule has 1 aliphatic rings. The number of ether oxygens (including phenoxy) is 2. The molecule has 0 radical (unpaired) electrons. The van der Waals surface area contributed by atoms with Gasteiger partial charge in [-0.15, -0.1) is 0 Å². The molecule has 1 fully saturated rings. The van der Waals surface area contributed by atoms with E-state index in [9.17, 15) is 0 Å². The highest BCUT2D eigenvalue weighted by molar-refractivity contribution is 5.71. The molecule has 0 saturated carbocycles. The molecule has 1 atom stereocenters. The van der Waals surface area contributed by atoms with Gasteiger partial charge in [0.05, 0.1) is 0 Å². The van der Waals surface area contributed by atoms with Crippen molar-refractivity contribution >= 4 is 11.2 Å². The molecule has 1 unspecified atom stereocenters. The summed E-state index contributed by atoms with van der Waals surface area (Å²) in [6.07, 6.45) is 6.18.